The maximum Gasteiger partial charge on any atom is 0.361 e. The highest BCUT2D eigenvalue weighted by atomic mass is 19.1. The number of hydrogen-bond donors (Lipinski definition) is 1. The molecular formula is C14H12F2N4O5. The molecular weight excluding hydrogens is 342 g/mol. The van der Waals surface area contributed by atoms with Gasteiger partial charge in [0.15, 0.2) is 5.69 Å². The number of benzene rings is 1. The fourth-order valence-electron chi connectivity index (χ4n) is 1.87. The van der Waals surface area contributed by atoms with Crippen LogP contribution in [0.4, 0.5) is 14.5 Å². The van der Waals surface area contributed by atoms with Crippen LogP contribution in [0.2, 0.25) is 0 Å². The van der Waals surface area contributed by atoms with Gasteiger partial charge in [-0.25, -0.2) is 23.1 Å². The molecule has 11 heteroatoms. The third kappa shape index (κ3) is 3.94. The summed E-state index contributed by atoms with van der Waals surface area (Å²) >= 11 is 0. The number of amides is 1. The molecule has 0 fully saturated rings. The van der Waals surface area contributed by atoms with Crippen LogP contribution >= 0.6 is 0 Å². The van der Waals surface area contributed by atoms with Crippen molar-refractivity contribution in [2.45, 2.75) is 6.54 Å². The summed E-state index contributed by atoms with van der Waals surface area (Å²) in [4.78, 5) is 35.4. The van der Waals surface area contributed by atoms with Gasteiger partial charge in [-0.2, -0.15) is 0 Å². The molecule has 25 heavy (non-hydrogen) atoms. The number of carbonyl (C=O) groups is 3. The number of aromatic nitrogens is 3. The number of halogens is 2. The Morgan fingerprint density at radius 3 is 2.44 bits per heavy atom. The molecule has 0 spiro atoms. The lowest BCUT2D eigenvalue weighted by atomic mass is 10.3. The van der Waals surface area contributed by atoms with E-state index in [1.54, 1.807) is 0 Å². The minimum absolute atomic E-state index is 0.265. The fourth-order valence-corrected chi connectivity index (χ4v) is 1.87. The summed E-state index contributed by atoms with van der Waals surface area (Å²) in [6.07, 6.45) is 0. The molecule has 0 saturated carbocycles. The Morgan fingerprint density at radius 2 is 1.84 bits per heavy atom. The van der Waals surface area contributed by atoms with Gasteiger partial charge in [-0.3, -0.25) is 4.79 Å². The average Bonchev–Trinajstić information content (AvgIpc) is 2.99. The number of ether oxygens (including phenoxy) is 2. The molecule has 0 radical (unpaired) electrons. The molecule has 2 rings (SSSR count). The van der Waals surface area contributed by atoms with E-state index in [-0.39, 0.29) is 5.69 Å². The molecule has 0 aliphatic carbocycles. The van der Waals surface area contributed by atoms with E-state index in [0.717, 1.165) is 31.0 Å². The fraction of sp³-hybridized carbons (Fsp3) is 0.214. The van der Waals surface area contributed by atoms with Crippen LogP contribution in [0.1, 0.15) is 21.0 Å². The van der Waals surface area contributed by atoms with Gasteiger partial charge >= 0.3 is 11.9 Å². The van der Waals surface area contributed by atoms with Gasteiger partial charge in [0.25, 0.3) is 0 Å². The van der Waals surface area contributed by atoms with Crippen molar-refractivity contribution < 1.29 is 32.6 Å². The molecule has 9 nitrogen and oxygen atoms in total. The lowest BCUT2D eigenvalue weighted by molar-refractivity contribution is -0.117. The average molecular weight is 354 g/mol. The van der Waals surface area contributed by atoms with Crippen LogP contribution in [0.15, 0.2) is 18.2 Å². The summed E-state index contributed by atoms with van der Waals surface area (Å²) in [6, 6.07) is 2.59. The number of hydrogen-bond acceptors (Lipinski definition) is 7. The van der Waals surface area contributed by atoms with Crippen LogP contribution < -0.4 is 5.32 Å². The van der Waals surface area contributed by atoms with Gasteiger partial charge in [-0.15, -0.1) is 5.10 Å². The van der Waals surface area contributed by atoms with E-state index in [1.165, 1.54) is 0 Å². The standard InChI is InChI=1S/C14H12F2N4O5/c1-24-13(22)11-12(14(23)25-2)20(19-18-11)6-10(21)17-9-4-3-7(15)5-8(9)16/h3-5H,6H2,1-2H3,(H,17,21). The molecule has 0 aliphatic heterocycles. The number of rotatable bonds is 5. The first-order valence-electron chi connectivity index (χ1n) is 6.72. The molecule has 1 heterocycles. The van der Waals surface area contributed by atoms with Crippen LogP contribution in [0.3, 0.4) is 0 Å². The van der Waals surface area contributed by atoms with E-state index in [2.05, 4.69) is 25.1 Å². The Labute approximate surface area is 139 Å². The number of carbonyl (C=O) groups excluding carboxylic acids is 3. The zero-order chi connectivity index (χ0) is 18.6. The Morgan fingerprint density at radius 1 is 1.16 bits per heavy atom. The smallest absolute Gasteiger partial charge is 0.361 e. The maximum atomic E-state index is 13.5. The topological polar surface area (TPSA) is 112 Å². The number of esters is 2. The van der Waals surface area contributed by atoms with Crippen molar-refractivity contribution >= 4 is 23.5 Å². The molecule has 1 aromatic carbocycles. The van der Waals surface area contributed by atoms with Crippen molar-refractivity contribution in [3.8, 4) is 0 Å². The predicted octanol–water partition coefficient (Wildman–Crippen LogP) is 0.768. The number of anilines is 1. The largest absolute Gasteiger partial charge is 0.464 e. The van der Waals surface area contributed by atoms with E-state index < -0.39 is 47.4 Å². The molecule has 1 aromatic heterocycles. The van der Waals surface area contributed by atoms with Gasteiger partial charge in [0.05, 0.1) is 19.9 Å². The first-order chi connectivity index (χ1) is 11.9. The summed E-state index contributed by atoms with van der Waals surface area (Å²) in [5, 5.41) is 9.19. The van der Waals surface area contributed by atoms with Gasteiger partial charge in [0.1, 0.15) is 18.2 Å². The minimum atomic E-state index is -0.976. The first kappa shape index (κ1) is 18.0. The zero-order valence-corrected chi connectivity index (χ0v) is 13.1. The highest BCUT2D eigenvalue weighted by Crippen LogP contribution is 2.15. The highest BCUT2D eigenvalue weighted by molar-refractivity contribution is 6.01. The Hall–Kier alpha value is -3.37. The molecule has 1 N–H and O–H groups in total. The van der Waals surface area contributed by atoms with Crippen molar-refractivity contribution in [3.05, 3.63) is 41.2 Å². The summed E-state index contributed by atoms with van der Waals surface area (Å²) in [6.45, 7) is -0.578. The summed E-state index contributed by atoms with van der Waals surface area (Å²) < 4.78 is 36.2. The minimum Gasteiger partial charge on any atom is -0.464 e. The molecule has 0 saturated heterocycles. The number of nitrogens with one attached hydrogen (secondary N) is 1. The van der Waals surface area contributed by atoms with Gasteiger partial charge in [-0.05, 0) is 12.1 Å². The normalized spacial score (nSPS) is 10.2. The SMILES string of the molecule is COC(=O)c1nnn(CC(=O)Nc2ccc(F)cc2F)c1C(=O)OC. The van der Waals surface area contributed by atoms with Crippen LogP contribution in [0, 0.1) is 11.6 Å². The number of nitrogens with zero attached hydrogens (tertiary/aromatic N) is 3. The predicted molar refractivity (Wildman–Crippen MR) is 77.7 cm³/mol. The molecule has 132 valence electrons. The third-order valence-electron chi connectivity index (χ3n) is 2.99. The van der Waals surface area contributed by atoms with Crippen molar-refractivity contribution in [1.82, 2.24) is 15.0 Å². The molecule has 2 aromatic rings. The zero-order valence-electron chi connectivity index (χ0n) is 13.1. The second-order valence-electron chi connectivity index (χ2n) is 4.60. The van der Waals surface area contributed by atoms with Crippen LogP contribution in [-0.2, 0) is 20.8 Å². The van der Waals surface area contributed by atoms with Gasteiger partial charge in [0, 0.05) is 6.07 Å². The van der Waals surface area contributed by atoms with E-state index in [0.29, 0.717) is 6.07 Å². The number of methoxy groups -OCH3 is 2. The van der Waals surface area contributed by atoms with Crippen LogP contribution in [-0.4, -0.2) is 47.1 Å². The Bertz CT molecular complexity index is 837. The van der Waals surface area contributed by atoms with Crippen molar-refractivity contribution in [1.29, 1.82) is 0 Å². The summed E-state index contributed by atoms with van der Waals surface area (Å²) in [5.74, 6) is -4.49. The molecule has 0 atom stereocenters. The van der Waals surface area contributed by atoms with Gasteiger partial charge < -0.3 is 14.8 Å². The Kier molecular flexibility index (Phi) is 5.37. The summed E-state index contributed by atoms with van der Waals surface area (Å²) in [5.41, 5.74) is -1.10. The molecule has 0 unspecified atom stereocenters. The lowest BCUT2D eigenvalue weighted by Crippen LogP contribution is -2.24. The van der Waals surface area contributed by atoms with Crippen molar-refractivity contribution in [2.75, 3.05) is 19.5 Å². The highest BCUT2D eigenvalue weighted by Gasteiger charge is 2.27. The second-order valence-corrected chi connectivity index (χ2v) is 4.60. The quantitative estimate of drug-likeness (QED) is 0.789. The first-order valence-corrected chi connectivity index (χ1v) is 6.72. The van der Waals surface area contributed by atoms with E-state index >= 15 is 0 Å². The molecule has 0 bridgehead atoms. The van der Waals surface area contributed by atoms with Crippen molar-refractivity contribution in [3.63, 3.8) is 0 Å². The second kappa shape index (κ2) is 7.47. The van der Waals surface area contributed by atoms with E-state index in [4.69, 9.17) is 0 Å². The van der Waals surface area contributed by atoms with E-state index in [9.17, 15) is 23.2 Å². The Balaban J connectivity index is 2.24. The van der Waals surface area contributed by atoms with Gasteiger partial charge in [0.2, 0.25) is 11.6 Å². The van der Waals surface area contributed by atoms with E-state index in [1.807, 2.05) is 0 Å². The van der Waals surface area contributed by atoms with Crippen molar-refractivity contribution in [2.24, 2.45) is 0 Å². The summed E-state index contributed by atoms with van der Waals surface area (Å²) in [7, 11) is 2.14. The molecule has 1 amide bonds. The van der Waals surface area contributed by atoms with Crippen LogP contribution in [0.5, 0.6) is 0 Å². The third-order valence-corrected chi connectivity index (χ3v) is 2.99. The molecule has 0 aliphatic rings. The lowest BCUT2D eigenvalue weighted by Gasteiger charge is -2.08. The monoisotopic (exact) mass is 354 g/mol. The van der Waals surface area contributed by atoms with Gasteiger partial charge in [-0.1, -0.05) is 5.21 Å². The van der Waals surface area contributed by atoms with Crippen LogP contribution in [0.25, 0.3) is 0 Å². The maximum absolute atomic E-state index is 13.5.